The minimum atomic E-state index is 0.524. The summed E-state index contributed by atoms with van der Waals surface area (Å²) < 4.78 is 0. The summed E-state index contributed by atoms with van der Waals surface area (Å²) in [6.45, 7) is 10.6. The fourth-order valence-electron chi connectivity index (χ4n) is 0.959. The van der Waals surface area contributed by atoms with Gasteiger partial charge in [0.25, 0.3) is 0 Å². The Morgan fingerprint density at radius 1 is 1.36 bits per heavy atom. The smallest absolute Gasteiger partial charge is 0.00970 e. The average Bonchev–Trinajstić information content (AvgIpc) is 2.10. The van der Waals surface area contributed by atoms with Gasteiger partial charge in [-0.3, -0.25) is 0 Å². The second kappa shape index (κ2) is 7.96. The Balaban J connectivity index is 3.35. The lowest BCUT2D eigenvalue weighted by molar-refractivity contribution is 0.242. The lowest BCUT2D eigenvalue weighted by atomic mass is 9.79. The van der Waals surface area contributed by atoms with Crippen LogP contribution in [0.1, 0.15) is 34.1 Å². The van der Waals surface area contributed by atoms with Gasteiger partial charge in [0.2, 0.25) is 0 Å². The van der Waals surface area contributed by atoms with E-state index in [1.165, 1.54) is 18.3 Å². The van der Waals surface area contributed by atoms with Crippen molar-refractivity contribution in [2.45, 2.75) is 34.1 Å². The van der Waals surface area contributed by atoms with E-state index >= 15 is 0 Å². The maximum absolute atomic E-state index is 3.18. The summed E-state index contributed by atoms with van der Waals surface area (Å²) in [5.41, 5.74) is 0.524. The van der Waals surface area contributed by atoms with Crippen molar-refractivity contribution in [3.8, 4) is 0 Å². The molecule has 0 aliphatic carbocycles. The normalized spacial score (nSPS) is 13.3. The molecule has 0 aliphatic rings. The molecule has 0 fully saturated rings. The zero-order chi connectivity index (χ0) is 11.0. The van der Waals surface area contributed by atoms with Gasteiger partial charge in [-0.1, -0.05) is 35.5 Å². The zero-order valence-corrected chi connectivity index (χ0v) is 12.1. The van der Waals surface area contributed by atoms with Crippen molar-refractivity contribution in [3.05, 3.63) is 0 Å². The molecule has 0 amide bonds. The van der Waals surface area contributed by atoms with Crippen LogP contribution in [0.5, 0.6) is 0 Å². The summed E-state index contributed by atoms with van der Waals surface area (Å²) in [5.74, 6) is 2.06. The highest BCUT2D eigenvalue weighted by Gasteiger charge is 2.21. The van der Waals surface area contributed by atoms with Crippen LogP contribution in [-0.4, -0.2) is 25.5 Å². The third kappa shape index (κ3) is 7.09. The lowest BCUT2D eigenvalue weighted by Crippen LogP contribution is -2.19. The second-order valence-electron chi connectivity index (χ2n) is 4.74. The highest BCUT2D eigenvalue weighted by molar-refractivity contribution is 8.49. The van der Waals surface area contributed by atoms with Crippen molar-refractivity contribution in [2.75, 3.05) is 25.5 Å². The fraction of sp³-hybridized carbons (Fsp3) is 1.00. The predicted molar refractivity (Wildman–Crippen MR) is 72.8 cm³/mol. The molecule has 3 heteroatoms. The van der Waals surface area contributed by atoms with Gasteiger partial charge >= 0.3 is 0 Å². The molecule has 14 heavy (non-hydrogen) atoms. The molecule has 0 rings (SSSR count). The molecule has 0 aromatic rings. The monoisotopic (exact) mass is 235 g/mol. The van der Waals surface area contributed by atoms with Gasteiger partial charge in [-0.05, 0) is 31.0 Å². The van der Waals surface area contributed by atoms with Gasteiger partial charge in [-0.2, -0.15) is 0 Å². The van der Waals surface area contributed by atoms with Gasteiger partial charge in [0, 0.05) is 12.3 Å². The van der Waals surface area contributed by atoms with Crippen LogP contribution in [0.15, 0.2) is 0 Å². The molecule has 1 N–H and O–H groups in total. The van der Waals surface area contributed by atoms with Crippen LogP contribution in [0.25, 0.3) is 0 Å². The summed E-state index contributed by atoms with van der Waals surface area (Å²) in [6.07, 6.45) is 2.76. The summed E-state index contributed by atoms with van der Waals surface area (Å²) in [5, 5.41) is 3.18. The minimum Gasteiger partial charge on any atom is -0.319 e. The third-order valence-electron chi connectivity index (χ3n) is 2.99. The van der Waals surface area contributed by atoms with E-state index in [9.17, 15) is 0 Å². The van der Waals surface area contributed by atoms with Crippen LogP contribution in [0.4, 0.5) is 0 Å². The number of hydrogen-bond donors (Lipinski definition) is 1. The molecule has 0 spiro atoms. The molecule has 0 aliphatic heterocycles. The minimum absolute atomic E-state index is 0.524. The van der Waals surface area contributed by atoms with Crippen LogP contribution in [-0.2, 0) is 0 Å². The Bertz CT molecular complexity index is 137. The van der Waals surface area contributed by atoms with Crippen LogP contribution in [0.3, 0.4) is 0 Å². The molecular formula is C11H26NPS. The Kier molecular flexibility index (Phi) is 8.38. The molecule has 1 atom stereocenters. The molecule has 1 nitrogen and oxygen atoms in total. The van der Waals surface area contributed by atoms with Crippen molar-refractivity contribution in [1.82, 2.24) is 5.32 Å². The predicted octanol–water partition coefficient (Wildman–Crippen LogP) is 3.60. The fourth-order valence-corrected chi connectivity index (χ4v) is 3.78. The second-order valence-corrected chi connectivity index (χ2v) is 7.96. The highest BCUT2D eigenvalue weighted by atomic mass is 32.7. The maximum atomic E-state index is 3.18. The Hall–Kier alpha value is 0.740. The van der Waals surface area contributed by atoms with Crippen molar-refractivity contribution >= 4 is 19.2 Å². The average molecular weight is 235 g/mol. The molecule has 0 bridgehead atoms. The standard InChI is InChI=1S/C11H26NPS/c1-10(2)11(3,4)6-8-13-14-9-7-12-5/h10,12-13H,6-9H2,1-5H3. The SMILES string of the molecule is CNCCSPCCC(C)(C)C(C)C. The van der Waals surface area contributed by atoms with E-state index in [1.54, 1.807) is 0 Å². The van der Waals surface area contributed by atoms with E-state index in [2.05, 4.69) is 44.4 Å². The van der Waals surface area contributed by atoms with Gasteiger partial charge in [-0.15, -0.1) is 11.4 Å². The molecule has 0 aromatic heterocycles. The van der Waals surface area contributed by atoms with Gasteiger partial charge in [0.05, 0.1) is 0 Å². The van der Waals surface area contributed by atoms with Gasteiger partial charge < -0.3 is 5.32 Å². The van der Waals surface area contributed by atoms with Gasteiger partial charge in [0.1, 0.15) is 0 Å². The van der Waals surface area contributed by atoms with Crippen molar-refractivity contribution < 1.29 is 0 Å². The first-order valence-corrected chi connectivity index (χ1v) is 8.41. The lowest BCUT2D eigenvalue weighted by Gasteiger charge is -2.29. The maximum Gasteiger partial charge on any atom is 0.00970 e. The van der Waals surface area contributed by atoms with E-state index in [0.29, 0.717) is 5.41 Å². The number of nitrogens with one attached hydrogen (secondary N) is 1. The summed E-state index contributed by atoms with van der Waals surface area (Å²) in [6, 6.07) is 0. The first-order valence-electron chi connectivity index (χ1n) is 5.50. The van der Waals surface area contributed by atoms with E-state index in [0.717, 1.165) is 20.2 Å². The van der Waals surface area contributed by atoms with Crippen molar-refractivity contribution in [2.24, 2.45) is 11.3 Å². The Labute approximate surface area is 95.7 Å². The Morgan fingerprint density at radius 2 is 2.00 bits per heavy atom. The number of hydrogen-bond acceptors (Lipinski definition) is 2. The van der Waals surface area contributed by atoms with Crippen LogP contribution in [0.2, 0.25) is 0 Å². The van der Waals surface area contributed by atoms with Crippen LogP contribution in [0, 0.1) is 11.3 Å². The quantitative estimate of drug-likeness (QED) is 0.509. The van der Waals surface area contributed by atoms with Gasteiger partial charge in [0.15, 0.2) is 0 Å². The highest BCUT2D eigenvalue weighted by Crippen LogP contribution is 2.36. The first kappa shape index (κ1) is 14.7. The molecule has 0 heterocycles. The summed E-state index contributed by atoms with van der Waals surface area (Å²) in [7, 11) is 3.10. The number of rotatable bonds is 8. The van der Waals surface area contributed by atoms with Gasteiger partial charge in [-0.25, -0.2) is 0 Å². The van der Waals surface area contributed by atoms with Crippen molar-refractivity contribution in [3.63, 3.8) is 0 Å². The molecular weight excluding hydrogens is 209 g/mol. The molecule has 0 aromatic carbocycles. The first-order chi connectivity index (χ1) is 6.50. The molecule has 86 valence electrons. The topological polar surface area (TPSA) is 12.0 Å². The third-order valence-corrected chi connectivity index (χ3v) is 5.89. The van der Waals surface area contributed by atoms with Crippen molar-refractivity contribution in [1.29, 1.82) is 0 Å². The largest absolute Gasteiger partial charge is 0.319 e. The molecule has 0 saturated heterocycles. The molecule has 1 unspecified atom stereocenters. The zero-order valence-electron chi connectivity index (χ0n) is 10.3. The van der Waals surface area contributed by atoms with E-state index < -0.39 is 0 Å². The summed E-state index contributed by atoms with van der Waals surface area (Å²) in [4.78, 5) is 0. The van der Waals surface area contributed by atoms with E-state index in [-0.39, 0.29) is 0 Å². The van der Waals surface area contributed by atoms with Crippen LogP contribution < -0.4 is 5.32 Å². The van der Waals surface area contributed by atoms with E-state index in [1.807, 2.05) is 7.05 Å². The summed E-state index contributed by atoms with van der Waals surface area (Å²) >= 11 is 2.10. The van der Waals surface area contributed by atoms with Crippen LogP contribution >= 0.6 is 19.2 Å². The molecule has 0 saturated carbocycles. The molecule has 0 radical (unpaired) electrons. The Morgan fingerprint density at radius 3 is 2.50 bits per heavy atom. The van der Waals surface area contributed by atoms with E-state index in [4.69, 9.17) is 0 Å².